The molecule has 0 fully saturated rings. The molecule has 0 amide bonds. The molecular formula is C28H49NO2. The molecule has 0 bridgehead atoms. The molecule has 1 N–H and O–H groups in total. The van der Waals surface area contributed by atoms with E-state index in [2.05, 4.69) is 25.8 Å². The maximum absolute atomic E-state index is 10.7. The Morgan fingerprint density at radius 1 is 0.774 bits per heavy atom. The first kappa shape index (κ1) is 26.0. The van der Waals surface area contributed by atoms with Crippen LogP contribution in [0.25, 0.3) is 0 Å². The molecular weight excluding hydrogens is 382 g/mol. The molecule has 3 heteroatoms. The Labute approximate surface area is 192 Å². The molecule has 0 spiro atoms. The Morgan fingerprint density at radius 2 is 1.32 bits per heavy atom. The van der Waals surface area contributed by atoms with E-state index in [9.17, 15) is 5.11 Å². The van der Waals surface area contributed by atoms with Crippen molar-refractivity contribution in [3.63, 3.8) is 0 Å². The van der Waals surface area contributed by atoms with E-state index in [4.69, 9.17) is 4.74 Å². The minimum Gasteiger partial charge on any atom is -0.508 e. The minimum atomic E-state index is 0.482. The normalized spacial score (nSPS) is 13.9. The summed E-state index contributed by atoms with van der Waals surface area (Å²) in [5, 5.41) is 10.7. The summed E-state index contributed by atoms with van der Waals surface area (Å²) in [7, 11) is 2.09. The smallest absolute Gasteiger partial charge is 0.142 e. The van der Waals surface area contributed by atoms with Gasteiger partial charge in [-0.3, -0.25) is 4.90 Å². The second-order valence-electron chi connectivity index (χ2n) is 9.72. The predicted molar refractivity (Wildman–Crippen MR) is 133 cm³/mol. The lowest BCUT2D eigenvalue weighted by Crippen LogP contribution is -2.29. The lowest BCUT2D eigenvalue weighted by atomic mass is 9.93. The fourth-order valence-corrected chi connectivity index (χ4v) is 4.87. The van der Waals surface area contributed by atoms with Crippen LogP contribution in [-0.2, 0) is 19.4 Å². The van der Waals surface area contributed by atoms with Crippen LogP contribution in [0.2, 0.25) is 0 Å². The summed E-state index contributed by atoms with van der Waals surface area (Å²) >= 11 is 0. The predicted octanol–water partition coefficient (Wildman–Crippen LogP) is 8.15. The van der Waals surface area contributed by atoms with Crippen LogP contribution in [0.15, 0.2) is 6.07 Å². The van der Waals surface area contributed by atoms with E-state index in [1.807, 2.05) is 6.07 Å². The van der Waals surface area contributed by atoms with Crippen LogP contribution in [0.3, 0.4) is 0 Å². The molecule has 2 rings (SSSR count). The number of aryl methyl sites for hydroxylation is 1. The molecule has 0 saturated heterocycles. The standard InChI is InChI=1S/C28H49NO2/c1-4-6-7-8-9-10-11-12-13-14-15-16-17-18-20-25-26-22-29(3)23-31-28(26)24(19-5-2)21-27(25)30/h21,30H,4-20,22-23H2,1-3H3. The van der Waals surface area contributed by atoms with E-state index in [1.165, 1.54) is 94.6 Å². The summed E-state index contributed by atoms with van der Waals surface area (Å²) in [5.74, 6) is 1.54. The largest absolute Gasteiger partial charge is 0.508 e. The first-order chi connectivity index (χ1) is 15.2. The number of nitrogens with zero attached hydrogens (tertiary/aromatic N) is 1. The molecule has 1 aromatic rings. The molecule has 0 aliphatic carbocycles. The lowest BCUT2D eigenvalue weighted by molar-refractivity contribution is 0.119. The molecule has 0 saturated carbocycles. The molecule has 0 unspecified atom stereocenters. The van der Waals surface area contributed by atoms with Gasteiger partial charge >= 0.3 is 0 Å². The summed E-state index contributed by atoms with van der Waals surface area (Å²) < 4.78 is 6.05. The summed E-state index contributed by atoms with van der Waals surface area (Å²) in [6.45, 7) is 6.00. The number of hydrogen-bond acceptors (Lipinski definition) is 3. The Bertz CT molecular complexity index is 614. The number of phenolic OH excluding ortho intramolecular Hbond substituents is 1. The van der Waals surface area contributed by atoms with Crippen molar-refractivity contribution < 1.29 is 9.84 Å². The molecule has 1 aliphatic heterocycles. The number of hydrogen-bond donors (Lipinski definition) is 1. The van der Waals surface area contributed by atoms with E-state index < -0.39 is 0 Å². The van der Waals surface area contributed by atoms with Gasteiger partial charge in [0.15, 0.2) is 0 Å². The Hall–Kier alpha value is -1.22. The number of unbranched alkanes of at least 4 members (excludes halogenated alkanes) is 13. The molecule has 1 aliphatic rings. The van der Waals surface area contributed by atoms with Gasteiger partial charge in [-0.25, -0.2) is 0 Å². The van der Waals surface area contributed by atoms with Gasteiger partial charge in [0.1, 0.15) is 18.2 Å². The summed E-state index contributed by atoms with van der Waals surface area (Å²) in [5.41, 5.74) is 3.53. The SMILES string of the molecule is CCCCCCCCCCCCCCCCc1c(O)cc(CCC)c2c1CN(C)CO2. The van der Waals surface area contributed by atoms with E-state index >= 15 is 0 Å². The van der Waals surface area contributed by atoms with Crippen LogP contribution in [0.4, 0.5) is 0 Å². The van der Waals surface area contributed by atoms with Gasteiger partial charge in [-0.1, -0.05) is 104 Å². The summed E-state index contributed by atoms with van der Waals surface area (Å²) in [4.78, 5) is 2.19. The Kier molecular flexibility index (Phi) is 13.1. The molecule has 0 atom stereocenters. The number of benzene rings is 1. The zero-order valence-electron chi connectivity index (χ0n) is 20.8. The molecule has 1 heterocycles. The van der Waals surface area contributed by atoms with Crippen molar-refractivity contribution in [2.24, 2.45) is 0 Å². The van der Waals surface area contributed by atoms with Crippen molar-refractivity contribution in [3.05, 3.63) is 22.8 Å². The van der Waals surface area contributed by atoms with Crippen LogP contribution >= 0.6 is 0 Å². The first-order valence-electron chi connectivity index (χ1n) is 13.3. The average molecular weight is 432 g/mol. The van der Waals surface area contributed by atoms with Crippen molar-refractivity contribution in [1.29, 1.82) is 0 Å². The third-order valence-electron chi connectivity index (χ3n) is 6.71. The third kappa shape index (κ3) is 9.43. The van der Waals surface area contributed by atoms with Crippen molar-refractivity contribution in [1.82, 2.24) is 4.90 Å². The second kappa shape index (κ2) is 15.6. The third-order valence-corrected chi connectivity index (χ3v) is 6.71. The van der Waals surface area contributed by atoms with Crippen LogP contribution in [-0.4, -0.2) is 23.8 Å². The monoisotopic (exact) mass is 431 g/mol. The van der Waals surface area contributed by atoms with Gasteiger partial charge in [0.2, 0.25) is 0 Å². The van der Waals surface area contributed by atoms with Crippen LogP contribution in [0, 0.1) is 0 Å². The van der Waals surface area contributed by atoms with Gasteiger partial charge in [0, 0.05) is 17.7 Å². The molecule has 0 radical (unpaired) electrons. The van der Waals surface area contributed by atoms with E-state index in [-0.39, 0.29) is 0 Å². The number of phenols is 1. The van der Waals surface area contributed by atoms with Crippen molar-refractivity contribution >= 4 is 0 Å². The Balaban J connectivity index is 1.61. The van der Waals surface area contributed by atoms with Gasteiger partial charge in [0.05, 0.1) is 0 Å². The van der Waals surface area contributed by atoms with Crippen molar-refractivity contribution in [2.45, 2.75) is 130 Å². The molecule has 31 heavy (non-hydrogen) atoms. The zero-order valence-corrected chi connectivity index (χ0v) is 20.8. The number of fused-ring (bicyclic) bond motifs is 1. The highest BCUT2D eigenvalue weighted by Gasteiger charge is 2.23. The highest BCUT2D eigenvalue weighted by atomic mass is 16.5. The fraction of sp³-hybridized carbons (Fsp3) is 0.786. The van der Waals surface area contributed by atoms with Gasteiger partial charge in [0.25, 0.3) is 0 Å². The van der Waals surface area contributed by atoms with E-state index in [0.29, 0.717) is 12.5 Å². The second-order valence-corrected chi connectivity index (χ2v) is 9.72. The maximum atomic E-state index is 10.7. The van der Waals surface area contributed by atoms with Crippen molar-refractivity contribution in [2.75, 3.05) is 13.8 Å². The highest BCUT2D eigenvalue weighted by molar-refractivity contribution is 5.54. The fourth-order valence-electron chi connectivity index (χ4n) is 4.87. The highest BCUT2D eigenvalue weighted by Crippen LogP contribution is 2.38. The van der Waals surface area contributed by atoms with Gasteiger partial charge in [-0.15, -0.1) is 0 Å². The number of rotatable bonds is 17. The van der Waals surface area contributed by atoms with Gasteiger partial charge in [-0.05, 0) is 37.9 Å². The molecule has 178 valence electrons. The molecule has 3 nitrogen and oxygen atoms in total. The van der Waals surface area contributed by atoms with Crippen LogP contribution < -0.4 is 4.74 Å². The van der Waals surface area contributed by atoms with Crippen LogP contribution in [0.1, 0.15) is 127 Å². The van der Waals surface area contributed by atoms with E-state index in [0.717, 1.165) is 43.5 Å². The number of ether oxygens (including phenoxy) is 1. The minimum absolute atomic E-state index is 0.482. The van der Waals surface area contributed by atoms with Gasteiger partial charge in [-0.2, -0.15) is 0 Å². The topological polar surface area (TPSA) is 32.7 Å². The quantitative estimate of drug-likeness (QED) is 0.253. The molecule has 0 aromatic heterocycles. The maximum Gasteiger partial charge on any atom is 0.142 e. The summed E-state index contributed by atoms with van der Waals surface area (Å²) in [6, 6.07) is 1.97. The average Bonchev–Trinajstić information content (AvgIpc) is 2.75. The first-order valence-corrected chi connectivity index (χ1v) is 13.3. The van der Waals surface area contributed by atoms with Gasteiger partial charge < -0.3 is 9.84 Å². The van der Waals surface area contributed by atoms with Crippen molar-refractivity contribution in [3.8, 4) is 11.5 Å². The zero-order chi connectivity index (χ0) is 22.3. The number of aromatic hydroxyl groups is 1. The summed E-state index contributed by atoms with van der Waals surface area (Å²) in [6.07, 6.45) is 22.3. The van der Waals surface area contributed by atoms with Crippen LogP contribution in [0.5, 0.6) is 11.5 Å². The Morgan fingerprint density at radius 3 is 1.87 bits per heavy atom. The lowest BCUT2D eigenvalue weighted by Gasteiger charge is -2.30. The van der Waals surface area contributed by atoms with E-state index in [1.54, 1.807) is 0 Å². The molecule has 1 aromatic carbocycles.